The first-order chi connectivity index (χ1) is 9.26. The highest BCUT2D eigenvalue weighted by Crippen LogP contribution is 2.31. The third kappa shape index (κ3) is 2.96. The summed E-state index contributed by atoms with van der Waals surface area (Å²) in [6.45, 7) is 1.17. The van der Waals surface area contributed by atoms with Crippen molar-refractivity contribution in [2.45, 2.75) is 37.8 Å². The number of aliphatic hydroxyl groups is 1. The molecule has 0 radical (unpaired) electrons. The van der Waals surface area contributed by atoms with Gasteiger partial charge in [-0.1, -0.05) is 22.4 Å². The molecule has 1 aromatic rings. The predicted molar refractivity (Wildman–Crippen MR) is 78.5 cm³/mol. The van der Waals surface area contributed by atoms with Gasteiger partial charge in [0, 0.05) is 30.1 Å². The number of halogens is 1. The number of fused-ring (bicyclic) bond motifs is 1. The lowest BCUT2D eigenvalue weighted by molar-refractivity contribution is 0.184. The normalized spacial score (nSPS) is 29.3. The minimum atomic E-state index is 0.226. The molecule has 104 valence electrons. The summed E-state index contributed by atoms with van der Waals surface area (Å²) in [5, 5.41) is 12.9. The highest BCUT2D eigenvalue weighted by molar-refractivity contribution is 9.10. The van der Waals surface area contributed by atoms with E-state index >= 15 is 0 Å². The maximum atomic E-state index is 9.32. The van der Waals surface area contributed by atoms with Gasteiger partial charge in [-0.3, -0.25) is 0 Å². The lowest BCUT2D eigenvalue weighted by Crippen LogP contribution is -2.40. The quantitative estimate of drug-likeness (QED) is 0.893. The lowest BCUT2D eigenvalue weighted by Gasteiger charge is -2.21. The SMILES string of the molecule is OCC1CCCC1NCC1Cc2cc(Br)ccc2O1. The molecule has 3 atom stereocenters. The van der Waals surface area contributed by atoms with Crippen LogP contribution < -0.4 is 10.1 Å². The minimum Gasteiger partial charge on any atom is -0.488 e. The van der Waals surface area contributed by atoms with Crippen LogP contribution in [-0.2, 0) is 6.42 Å². The second kappa shape index (κ2) is 5.81. The molecule has 2 aliphatic rings. The van der Waals surface area contributed by atoms with E-state index in [-0.39, 0.29) is 6.10 Å². The highest BCUT2D eigenvalue weighted by atomic mass is 79.9. The van der Waals surface area contributed by atoms with Crippen molar-refractivity contribution in [1.29, 1.82) is 0 Å². The molecule has 1 fully saturated rings. The van der Waals surface area contributed by atoms with E-state index in [2.05, 4.69) is 27.3 Å². The van der Waals surface area contributed by atoms with Crippen molar-refractivity contribution in [3.63, 3.8) is 0 Å². The molecule has 4 heteroatoms. The zero-order valence-electron chi connectivity index (χ0n) is 10.9. The van der Waals surface area contributed by atoms with Crippen LogP contribution in [0.4, 0.5) is 0 Å². The van der Waals surface area contributed by atoms with Crippen molar-refractivity contribution in [2.24, 2.45) is 5.92 Å². The van der Waals surface area contributed by atoms with Crippen LogP contribution in [0.2, 0.25) is 0 Å². The van der Waals surface area contributed by atoms with Crippen LogP contribution >= 0.6 is 15.9 Å². The number of nitrogens with one attached hydrogen (secondary N) is 1. The first kappa shape index (κ1) is 13.4. The molecular formula is C15H20BrNO2. The van der Waals surface area contributed by atoms with Crippen LogP contribution in [0, 0.1) is 5.92 Å². The van der Waals surface area contributed by atoms with E-state index in [1.165, 1.54) is 18.4 Å². The summed E-state index contributed by atoms with van der Waals surface area (Å²) in [4.78, 5) is 0. The standard InChI is InChI=1S/C15H20BrNO2/c16-12-4-5-15-11(6-12)7-13(19-15)8-17-14-3-1-2-10(14)9-18/h4-6,10,13-14,17-18H,1-3,7-9H2. The summed E-state index contributed by atoms with van der Waals surface area (Å²) < 4.78 is 7.06. The first-order valence-electron chi connectivity index (χ1n) is 7.05. The van der Waals surface area contributed by atoms with Crippen molar-refractivity contribution in [3.8, 4) is 5.75 Å². The van der Waals surface area contributed by atoms with E-state index in [1.807, 2.05) is 12.1 Å². The maximum absolute atomic E-state index is 9.32. The summed E-state index contributed by atoms with van der Waals surface area (Å²) in [5.41, 5.74) is 1.28. The second-order valence-corrected chi connectivity index (χ2v) is 6.50. The molecular weight excluding hydrogens is 306 g/mol. The Hall–Kier alpha value is -0.580. The first-order valence-corrected chi connectivity index (χ1v) is 7.85. The lowest BCUT2D eigenvalue weighted by atomic mass is 10.0. The molecule has 1 aliphatic heterocycles. The maximum Gasteiger partial charge on any atom is 0.123 e. The Bertz CT molecular complexity index is 452. The molecule has 19 heavy (non-hydrogen) atoms. The molecule has 1 saturated carbocycles. The summed E-state index contributed by atoms with van der Waals surface area (Å²) in [6, 6.07) is 6.66. The van der Waals surface area contributed by atoms with Gasteiger partial charge in [-0.2, -0.15) is 0 Å². The van der Waals surface area contributed by atoms with Crippen LogP contribution in [0.3, 0.4) is 0 Å². The van der Waals surface area contributed by atoms with Crippen molar-refractivity contribution in [2.75, 3.05) is 13.2 Å². The highest BCUT2D eigenvalue weighted by Gasteiger charge is 2.28. The fourth-order valence-corrected chi connectivity index (χ4v) is 3.62. The van der Waals surface area contributed by atoms with E-state index in [0.29, 0.717) is 18.6 Å². The smallest absolute Gasteiger partial charge is 0.123 e. The average Bonchev–Trinajstić information content (AvgIpc) is 3.01. The third-order valence-electron chi connectivity index (χ3n) is 4.27. The van der Waals surface area contributed by atoms with Crippen molar-refractivity contribution >= 4 is 15.9 Å². The number of hydrogen-bond donors (Lipinski definition) is 2. The molecule has 0 amide bonds. The van der Waals surface area contributed by atoms with Crippen molar-refractivity contribution in [3.05, 3.63) is 28.2 Å². The molecule has 1 aromatic carbocycles. The Labute approximate surface area is 122 Å². The molecule has 1 heterocycles. The van der Waals surface area contributed by atoms with Crippen LogP contribution in [0.25, 0.3) is 0 Å². The van der Waals surface area contributed by atoms with Crippen LogP contribution in [0.15, 0.2) is 22.7 Å². The van der Waals surface area contributed by atoms with E-state index in [9.17, 15) is 5.11 Å². The Morgan fingerprint density at radius 3 is 3.11 bits per heavy atom. The molecule has 3 rings (SSSR count). The number of aliphatic hydroxyl groups excluding tert-OH is 1. The van der Waals surface area contributed by atoms with Crippen LogP contribution in [0.1, 0.15) is 24.8 Å². The van der Waals surface area contributed by atoms with Gasteiger partial charge in [-0.25, -0.2) is 0 Å². The van der Waals surface area contributed by atoms with Crippen LogP contribution in [0.5, 0.6) is 5.75 Å². The summed E-state index contributed by atoms with van der Waals surface area (Å²) in [5.74, 6) is 1.44. The fraction of sp³-hybridized carbons (Fsp3) is 0.600. The summed E-state index contributed by atoms with van der Waals surface area (Å²) in [7, 11) is 0. The Balaban J connectivity index is 1.53. The van der Waals surface area contributed by atoms with Gasteiger partial charge >= 0.3 is 0 Å². The van der Waals surface area contributed by atoms with E-state index in [1.54, 1.807) is 0 Å². The molecule has 1 aliphatic carbocycles. The van der Waals surface area contributed by atoms with Crippen molar-refractivity contribution in [1.82, 2.24) is 5.32 Å². The molecule has 0 aromatic heterocycles. The van der Waals surface area contributed by atoms with Gasteiger partial charge in [0.2, 0.25) is 0 Å². The second-order valence-electron chi connectivity index (χ2n) is 5.58. The number of hydrogen-bond acceptors (Lipinski definition) is 3. The molecule has 3 unspecified atom stereocenters. The fourth-order valence-electron chi connectivity index (χ4n) is 3.21. The minimum absolute atomic E-state index is 0.226. The molecule has 0 bridgehead atoms. The topological polar surface area (TPSA) is 41.5 Å². The third-order valence-corrected chi connectivity index (χ3v) is 4.76. The summed E-state index contributed by atoms with van der Waals surface area (Å²) >= 11 is 3.50. The van der Waals surface area contributed by atoms with Gasteiger partial charge in [0.05, 0.1) is 0 Å². The van der Waals surface area contributed by atoms with E-state index < -0.39 is 0 Å². The zero-order chi connectivity index (χ0) is 13.2. The number of rotatable bonds is 4. The number of ether oxygens (including phenoxy) is 1. The Kier molecular flexibility index (Phi) is 4.10. The van der Waals surface area contributed by atoms with Gasteiger partial charge in [-0.05, 0) is 42.5 Å². The molecule has 0 saturated heterocycles. The molecule has 2 N–H and O–H groups in total. The van der Waals surface area contributed by atoms with Gasteiger partial charge in [0.1, 0.15) is 11.9 Å². The molecule has 0 spiro atoms. The van der Waals surface area contributed by atoms with Gasteiger partial charge in [0.25, 0.3) is 0 Å². The van der Waals surface area contributed by atoms with Gasteiger partial charge in [-0.15, -0.1) is 0 Å². The zero-order valence-corrected chi connectivity index (χ0v) is 12.5. The Morgan fingerprint density at radius 2 is 2.26 bits per heavy atom. The number of benzene rings is 1. The van der Waals surface area contributed by atoms with E-state index in [0.717, 1.165) is 29.6 Å². The molecule has 3 nitrogen and oxygen atoms in total. The summed E-state index contributed by atoms with van der Waals surface area (Å²) in [6.07, 6.45) is 4.74. The monoisotopic (exact) mass is 325 g/mol. The van der Waals surface area contributed by atoms with E-state index in [4.69, 9.17) is 4.74 Å². The average molecular weight is 326 g/mol. The van der Waals surface area contributed by atoms with Crippen molar-refractivity contribution < 1.29 is 9.84 Å². The van der Waals surface area contributed by atoms with Gasteiger partial charge < -0.3 is 15.2 Å². The van der Waals surface area contributed by atoms with Gasteiger partial charge in [0.15, 0.2) is 0 Å². The predicted octanol–water partition coefficient (Wildman–Crippen LogP) is 2.50. The largest absolute Gasteiger partial charge is 0.488 e. The Morgan fingerprint density at radius 1 is 1.37 bits per heavy atom. The van der Waals surface area contributed by atoms with Crippen LogP contribution in [-0.4, -0.2) is 30.4 Å².